The van der Waals surface area contributed by atoms with Crippen molar-refractivity contribution in [2.75, 3.05) is 5.32 Å². The highest BCUT2D eigenvalue weighted by Gasteiger charge is 2.24. The summed E-state index contributed by atoms with van der Waals surface area (Å²) >= 11 is 0. The molecule has 3 nitrogen and oxygen atoms in total. The van der Waals surface area contributed by atoms with Crippen LogP contribution in [0.5, 0.6) is 0 Å². The van der Waals surface area contributed by atoms with Crippen molar-refractivity contribution in [1.82, 2.24) is 5.32 Å². The van der Waals surface area contributed by atoms with Crippen LogP contribution in [0.15, 0.2) is 18.2 Å². The molecule has 0 bridgehead atoms. The molecule has 0 aliphatic carbocycles. The van der Waals surface area contributed by atoms with Crippen molar-refractivity contribution in [1.29, 1.82) is 0 Å². The molecular weight excluding hydrogens is 238 g/mol. The van der Waals surface area contributed by atoms with Crippen LogP contribution >= 0.6 is 0 Å². The maximum Gasteiger partial charge on any atom is 0.241 e. The Balaban J connectivity index is 2.04. The van der Waals surface area contributed by atoms with Crippen molar-refractivity contribution in [2.24, 2.45) is 0 Å². The van der Waals surface area contributed by atoms with E-state index >= 15 is 0 Å². The standard InChI is InChI=1S/C13H16F2N2O/c1-8-3-2-4-11(16-8)13(18)17-12-7-9(14)5-6-10(12)15/h5-8,11,16H,2-4H2,1H3,(H,17,18). The molecule has 1 heterocycles. The largest absolute Gasteiger partial charge is 0.322 e. The van der Waals surface area contributed by atoms with Crippen LogP contribution in [0.1, 0.15) is 26.2 Å². The van der Waals surface area contributed by atoms with E-state index in [-0.39, 0.29) is 23.7 Å². The summed E-state index contributed by atoms with van der Waals surface area (Å²) in [5.41, 5.74) is -0.111. The van der Waals surface area contributed by atoms with Gasteiger partial charge in [0, 0.05) is 12.1 Å². The highest BCUT2D eigenvalue weighted by molar-refractivity contribution is 5.95. The third-order valence-corrected chi connectivity index (χ3v) is 3.12. The van der Waals surface area contributed by atoms with E-state index in [0.717, 1.165) is 31.0 Å². The predicted molar refractivity (Wildman–Crippen MR) is 65.2 cm³/mol. The van der Waals surface area contributed by atoms with E-state index in [9.17, 15) is 13.6 Å². The molecule has 0 radical (unpaired) electrons. The molecule has 1 aromatic rings. The first-order chi connectivity index (χ1) is 8.56. The van der Waals surface area contributed by atoms with Crippen molar-refractivity contribution in [3.8, 4) is 0 Å². The van der Waals surface area contributed by atoms with Crippen LogP contribution in [0.3, 0.4) is 0 Å². The lowest BCUT2D eigenvalue weighted by Gasteiger charge is -2.27. The first-order valence-electron chi connectivity index (χ1n) is 6.08. The minimum atomic E-state index is -0.631. The number of nitrogens with one attached hydrogen (secondary N) is 2. The lowest BCUT2D eigenvalue weighted by molar-refractivity contribution is -0.118. The minimum absolute atomic E-state index is 0.111. The molecule has 1 aromatic carbocycles. The van der Waals surface area contributed by atoms with E-state index in [1.165, 1.54) is 0 Å². The summed E-state index contributed by atoms with van der Waals surface area (Å²) in [7, 11) is 0. The predicted octanol–water partition coefficient (Wildman–Crippen LogP) is 2.43. The van der Waals surface area contributed by atoms with Crippen LogP contribution in [-0.4, -0.2) is 18.0 Å². The van der Waals surface area contributed by atoms with Crippen LogP contribution in [0.4, 0.5) is 14.5 Å². The third kappa shape index (κ3) is 3.04. The number of amides is 1. The number of benzene rings is 1. The van der Waals surface area contributed by atoms with E-state index in [1.807, 2.05) is 6.92 Å². The molecule has 1 fully saturated rings. The quantitative estimate of drug-likeness (QED) is 0.851. The average Bonchev–Trinajstić information content (AvgIpc) is 2.34. The highest BCUT2D eigenvalue weighted by Crippen LogP contribution is 2.18. The molecule has 1 saturated heterocycles. The van der Waals surface area contributed by atoms with Crippen molar-refractivity contribution >= 4 is 11.6 Å². The second-order valence-corrected chi connectivity index (χ2v) is 4.66. The molecule has 0 saturated carbocycles. The van der Waals surface area contributed by atoms with Gasteiger partial charge in [0.1, 0.15) is 11.6 Å². The van der Waals surface area contributed by atoms with Gasteiger partial charge in [-0.1, -0.05) is 0 Å². The molecule has 98 valence electrons. The summed E-state index contributed by atoms with van der Waals surface area (Å²) in [4.78, 5) is 11.9. The molecule has 2 rings (SSSR count). The van der Waals surface area contributed by atoms with Crippen molar-refractivity contribution in [2.45, 2.75) is 38.3 Å². The van der Waals surface area contributed by atoms with Gasteiger partial charge in [-0.3, -0.25) is 4.79 Å². The Hall–Kier alpha value is -1.49. The molecule has 2 atom stereocenters. The second-order valence-electron chi connectivity index (χ2n) is 4.66. The molecule has 0 spiro atoms. The van der Waals surface area contributed by atoms with Gasteiger partial charge in [0.25, 0.3) is 0 Å². The normalized spacial score (nSPS) is 23.7. The summed E-state index contributed by atoms with van der Waals surface area (Å²) in [6, 6.07) is 2.94. The zero-order valence-corrected chi connectivity index (χ0v) is 10.2. The number of rotatable bonds is 2. The molecular formula is C13H16F2N2O. The maximum atomic E-state index is 13.4. The fraction of sp³-hybridized carbons (Fsp3) is 0.462. The monoisotopic (exact) mass is 254 g/mol. The van der Waals surface area contributed by atoms with Crippen LogP contribution in [0.2, 0.25) is 0 Å². The fourth-order valence-corrected chi connectivity index (χ4v) is 2.16. The molecule has 1 aliphatic heterocycles. The number of anilines is 1. The first-order valence-corrected chi connectivity index (χ1v) is 6.08. The minimum Gasteiger partial charge on any atom is -0.322 e. The second kappa shape index (κ2) is 5.44. The number of piperidine rings is 1. The summed E-state index contributed by atoms with van der Waals surface area (Å²) in [6.45, 7) is 2.00. The van der Waals surface area contributed by atoms with Gasteiger partial charge in [-0.2, -0.15) is 0 Å². The van der Waals surface area contributed by atoms with Gasteiger partial charge in [-0.25, -0.2) is 8.78 Å². The van der Waals surface area contributed by atoms with Gasteiger partial charge < -0.3 is 10.6 Å². The molecule has 0 aromatic heterocycles. The first kappa shape index (κ1) is 13.0. The van der Waals surface area contributed by atoms with Crippen LogP contribution < -0.4 is 10.6 Å². The van der Waals surface area contributed by atoms with E-state index < -0.39 is 11.6 Å². The van der Waals surface area contributed by atoms with Gasteiger partial charge in [-0.05, 0) is 38.3 Å². The van der Waals surface area contributed by atoms with Crippen molar-refractivity contribution < 1.29 is 13.6 Å². The molecule has 5 heteroatoms. The van der Waals surface area contributed by atoms with E-state index in [2.05, 4.69) is 10.6 Å². The Morgan fingerprint density at radius 1 is 1.39 bits per heavy atom. The van der Waals surface area contributed by atoms with E-state index in [0.29, 0.717) is 6.42 Å². The van der Waals surface area contributed by atoms with Crippen LogP contribution in [0, 0.1) is 11.6 Å². The van der Waals surface area contributed by atoms with Crippen molar-refractivity contribution in [3.05, 3.63) is 29.8 Å². The Morgan fingerprint density at radius 3 is 2.89 bits per heavy atom. The number of carbonyl (C=O) groups is 1. The maximum absolute atomic E-state index is 13.4. The molecule has 2 unspecified atom stereocenters. The van der Waals surface area contributed by atoms with Crippen molar-refractivity contribution in [3.63, 3.8) is 0 Å². The molecule has 18 heavy (non-hydrogen) atoms. The number of hydrogen-bond donors (Lipinski definition) is 2. The Morgan fingerprint density at radius 2 is 2.17 bits per heavy atom. The van der Waals surface area contributed by atoms with Gasteiger partial charge in [-0.15, -0.1) is 0 Å². The van der Waals surface area contributed by atoms with Gasteiger partial charge in [0.05, 0.1) is 11.7 Å². The smallest absolute Gasteiger partial charge is 0.241 e. The van der Waals surface area contributed by atoms with Gasteiger partial charge in [0.15, 0.2) is 0 Å². The summed E-state index contributed by atoms with van der Waals surface area (Å²) < 4.78 is 26.3. The summed E-state index contributed by atoms with van der Waals surface area (Å²) in [6.07, 6.45) is 2.70. The highest BCUT2D eigenvalue weighted by atomic mass is 19.1. The Bertz CT molecular complexity index is 451. The van der Waals surface area contributed by atoms with E-state index in [1.54, 1.807) is 0 Å². The zero-order valence-electron chi connectivity index (χ0n) is 10.2. The summed E-state index contributed by atoms with van der Waals surface area (Å²) in [5.74, 6) is -1.52. The van der Waals surface area contributed by atoms with Crippen LogP contribution in [-0.2, 0) is 4.79 Å². The third-order valence-electron chi connectivity index (χ3n) is 3.12. The lowest BCUT2D eigenvalue weighted by Crippen LogP contribution is -2.47. The molecule has 1 amide bonds. The topological polar surface area (TPSA) is 41.1 Å². The number of hydrogen-bond acceptors (Lipinski definition) is 2. The van der Waals surface area contributed by atoms with Gasteiger partial charge >= 0.3 is 0 Å². The average molecular weight is 254 g/mol. The number of halogens is 2. The van der Waals surface area contributed by atoms with Gasteiger partial charge in [0.2, 0.25) is 5.91 Å². The Kier molecular flexibility index (Phi) is 3.91. The fourth-order valence-electron chi connectivity index (χ4n) is 2.16. The Labute approximate surface area is 105 Å². The van der Waals surface area contributed by atoms with E-state index in [4.69, 9.17) is 0 Å². The molecule has 2 N–H and O–H groups in total. The zero-order chi connectivity index (χ0) is 13.1. The molecule has 1 aliphatic rings. The van der Waals surface area contributed by atoms with Crippen LogP contribution in [0.25, 0.3) is 0 Å². The summed E-state index contributed by atoms with van der Waals surface area (Å²) in [5, 5.41) is 5.57. The lowest BCUT2D eigenvalue weighted by atomic mass is 9.99. The number of carbonyl (C=O) groups excluding carboxylic acids is 1. The SMILES string of the molecule is CC1CCCC(C(=O)Nc2cc(F)ccc2F)N1.